The van der Waals surface area contributed by atoms with Crippen LogP contribution in [0, 0.1) is 0 Å². The van der Waals surface area contributed by atoms with E-state index in [2.05, 4.69) is 0 Å². The van der Waals surface area contributed by atoms with E-state index in [1.807, 2.05) is 13.0 Å². The molecule has 1 saturated heterocycles. The molecule has 4 nitrogen and oxygen atoms in total. The summed E-state index contributed by atoms with van der Waals surface area (Å²) in [6.45, 7) is 4.30. The van der Waals surface area contributed by atoms with Gasteiger partial charge in [-0.15, -0.1) is 11.3 Å². The Morgan fingerprint density at radius 2 is 2.26 bits per heavy atom. The predicted octanol–water partition coefficient (Wildman–Crippen LogP) is 2.23. The fourth-order valence-corrected chi connectivity index (χ4v) is 5.69. The highest BCUT2D eigenvalue weighted by Gasteiger charge is 2.36. The van der Waals surface area contributed by atoms with Gasteiger partial charge < -0.3 is 5.11 Å². The van der Waals surface area contributed by atoms with Crippen molar-refractivity contribution in [2.75, 3.05) is 6.54 Å². The molecule has 0 aliphatic carbocycles. The van der Waals surface area contributed by atoms with Crippen LogP contribution in [0.3, 0.4) is 0 Å². The third-order valence-corrected chi connectivity index (χ3v) is 7.13. The van der Waals surface area contributed by atoms with Gasteiger partial charge in [0.15, 0.2) is 0 Å². The molecule has 1 N–H and O–H groups in total. The van der Waals surface area contributed by atoms with Crippen molar-refractivity contribution in [3.8, 4) is 0 Å². The SMILES string of the molecule is CCc1ccc(S(=O)(=O)N2CCCC2CC(C)O)s1. The summed E-state index contributed by atoms with van der Waals surface area (Å²) in [5.41, 5.74) is 0. The zero-order valence-electron chi connectivity index (χ0n) is 11.4. The topological polar surface area (TPSA) is 57.6 Å². The van der Waals surface area contributed by atoms with E-state index < -0.39 is 16.1 Å². The molecule has 6 heteroatoms. The van der Waals surface area contributed by atoms with Crippen molar-refractivity contribution in [2.24, 2.45) is 0 Å². The Balaban J connectivity index is 2.23. The Hall–Kier alpha value is -0.430. The highest BCUT2D eigenvalue weighted by atomic mass is 32.2. The zero-order valence-corrected chi connectivity index (χ0v) is 13.0. The lowest BCUT2D eigenvalue weighted by Crippen LogP contribution is -2.36. The number of hydrogen-bond acceptors (Lipinski definition) is 4. The second kappa shape index (κ2) is 5.91. The van der Waals surface area contributed by atoms with Gasteiger partial charge in [0.05, 0.1) is 6.10 Å². The van der Waals surface area contributed by atoms with Crippen LogP contribution in [0.1, 0.15) is 38.0 Å². The summed E-state index contributed by atoms with van der Waals surface area (Å²) in [7, 11) is -3.38. The van der Waals surface area contributed by atoms with Crippen molar-refractivity contribution in [1.82, 2.24) is 4.31 Å². The van der Waals surface area contributed by atoms with E-state index in [1.54, 1.807) is 17.3 Å². The molecule has 0 amide bonds. The minimum atomic E-state index is -3.38. The first-order valence-electron chi connectivity index (χ1n) is 6.73. The molecule has 108 valence electrons. The van der Waals surface area contributed by atoms with Crippen LogP contribution in [0.25, 0.3) is 0 Å². The average Bonchev–Trinajstić information content (AvgIpc) is 2.95. The lowest BCUT2D eigenvalue weighted by Gasteiger charge is -2.24. The summed E-state index contributed by atoms with van der Waals surface area (Å²) in [6.07, 6.45) is 2.64. The first kappa shape index (κ1) is 15.0. The molecule has 1 aliphatic rings. The number of aryl methyl sites for hydroxylation is 1. The summed E-state index contributed by atoms with van der Waals surface area (Å²) >= 11 is 1.36. The molecule has 1 aromatic rings. The molecule has 0 aromatic carbocycles. The van der Waals surface area contributed by atoms with Crippen LogP contribution in [0.5, 0.6) is 0 Å². The van der Waals surface area contributed by atoms with Crippen LogP contribution < -0.4 is 0 Å². The highest BCUT2D eigenvalue weighted by molar-refractivity contribution is 7.91. The van der Waals surface area contributed by atoms with Crippen molar-refractivity contribution in [3.05, 3.63) is 17.0 Å². The maximum atomic E-state index is 12.6. The maximum Gasteiger partial charge on any atom is 0.252 e. The van der Waals surface area contributed by atoms with E-state index in [0.717, 1.165) is 24.1 Å². The highest BCUT2D eigenvalue weighted by Crippen LogP contribution is 2.32. The monoisotopic (exact) mass is 303 g/mol. The summed E-state index contributed by atoms with van der Waals surface area (Å²) < 4.78 is 27.2. The molecule has 1 aromatic heterocycles. The Morgan fingerprint density at radius 1 is 1.53 bits per heavy atom. The smallest absolute Gasteiger partial charge is 0.252 e. The number of aliphatic hydroxyl groups excluding tert-OH is 1. The molecule has 0 saturated carbocycles. The average molecular weight is 303 g/mol. The predicted molar refractivity (Wildman–Crippen MR) is 76.9 cm³/mol. The molecule has 19 heavy (non-hydrogen) atoms. The van der Waals surface area contributed by atoms with E-state index in [0.29, 0.717) is 17.2 Å². The molecule has 2 atom stereocenters. The lowest BCUT2D eigenvalue weighted by molar-refractivity contribution is 0.158. The van der Waals surface area contributed by atoms with E-state index in [-0.39, 0.29) is 6.04 Å². The van der Waals surface area contributed by atoms with Crippen molar-refractivity contribution >= 4 is 21.4 Å². The third-order valence-electron chi connectivity index (χ3n) is 3.48. The van der Waals surface area contributed by atoms with Crippen LogP contribution in [0.15, 0.2) is 16.3 Å². The van der Waals surface area contributed by atoms with Crippen molar-refractivity contribution in [1.29, 1.82) is 0 Å². The molecular weight excluding hydrogens is 282 g/mol. The Bertz CT molecular complexity index is 522. The molecule has 1 aliphatic heterocycles. The molecule has 0 bridgehead atoms. The Morgan fingerprint density at radius 3 is 2.84 bits per heavy atom. The standard InChI is InChI=1S/C13H21NO3S2/c1-3-12-6-7-13(18-12)19(16,17)14-8-4-5-11(14)9-10(2)15/h6-7,10-11,15H,3-5,8-9H2,1-2H3. The normalized spacial score (nSPS) is 22.8. The largest absolute Gasteiger partial charge is 0.393 e. The van der Waals surface area contributed by atoms with Gasteiger partial charge in [-0.05, 0) is 44.7 Å². The second-order valence-electron chi connectivity index (χ2n) is 5.07. The summed E-state index contributed by atoms with van der Waals surface area (Å²) in [5.74, 6) is 0. The minimum Gasteiger partial charge on any atom is -0.393 e. The van der Waals surface area contributed by atoms with Crippen LogP contribution in [0.4, 0.5) is 0 Å². The fraction of sp³-hybridized carbons (Fsp3) is 0.692. The van der Waals surface area contributed by atoms with Gasteiger partial charge in [-0.2, -0.15) is 4.31 Å². The number of hydrogen-bond donors (Lipinski definition) is 1. The van der Waals surface area contributed by atoms with Crippen LogP contribution >= 0.6 is 11.3 Å². The van der Waals surface area contributed by atoms with E-state index >= 15 is 0 Å². The molecule has 2 heterocycles. The van der Waals surface area contributed by atoms with Gasteiger partial charge >= 0.3 is 0 Å². The fourth-order valence-electron chi connectivity index (χ4n) is 2.56. The van der Waals surface area contributed by atoms with Gasteiger partial charge in [-0.3, -0.25) is 0 Å². The second-order valence-corrected chi connectivity index (χ2v) is 8.36. The van der Waals surface area contributed by atoms with Gasteiger partial charge in [0.2, 0.25) is 0 Å². The number of thiophene rings is 1. The molecule has 2 rings (SSSR count). The first-order chi connectivity index (χ1) is 8.95. The third kappa shape index (κ3) is 3.18. The van der Waals surface area contributed by atoms with Crippen molar-refractivity contribution in [2.45, 2.75) is 55.9 Å². The van der Waals surface area contributed by atoms with E-state index in [1.165, 1.54) is 11.3 Å². The van der Waals surface area contributed by atoms with Crippen LogP contribution in [-0.4, -0.2) is 36.5 Å². The molecule has 0 radical (unpaired) electrons. The number of rotatable bonds is 5. The van der Waals surface area contributed by atoms with Gasteiger partial charge in [-0.1, -0.05) is 6.92 Å². The van der Waals surface area contributed by atoms with Crippen LogP contribution in [0.2, 0.25) is 0 Å². The molecule has 1 fully saturated rings. The molecule has 0 spiro atoms. The number of sulfonamides is 1. The van der Waals surface area contributed by atoms with Gasteiger partial charge in [-0.25, -0.2) is 8.42 Å². The van der Waals surface area contributed by atoms with Crippen molar-refractivity contribution < 1.29 is 13.5 Å². The van der Waals surface area contributed by atoms with Gasteiger partial charge in [0, 0.05) is 17.5 Å². The number of nitrogens with zero attached hydrogens (tertiary/aromatic N) is 1. The van der Waals surface area contributed by atoms with Crippen molar-refractivity contribution in [3.63, 3.8) is 0 Å². The maximum absolute atomic E-state index is 12.6. The van der Waals surface area contributed by atoms with Gasteiger partial charge in [0.1, 0.15) is 4.21 Å². The lowest BCUT2D eigenvalue weighted by atomic mass is 10.1. The molecule has 2 unspecified atom stereocenters. The van der Waals surface area contributed by atoms with E-state index in [9.17, 15) is 13.5 Å². The zero-order chi connectivity index (χ0) is 14.0. The summed E-state index contributed by atoms with van der Waals surface area (Å²) in [5, 5.41) is 9.49. The first-order valence-corrected chi connectivity index (χ1v) is 8.99. The van der Waals surface area contributed by atoms with E-state index in [4.69, 9.17) is 0 Å². The summed E-state index contributed by atoms with van der Waals surface area (Å²) in [4.78, 5) is 1.09. The van der Waals surface area contributed by atoms with Gasteiger partial charge in [0.25, 0.3) is 10.0 Å². The Kier molecular flexibility index (Phi) is 4.66. The number of aliphatic hydroxyl groups is 1. The van der Waals surface area contributed by atoms with Crippen LogP contribution in [-0.2, 0) is 16.4 Å². The Labute approximate surface area is 119 Å². The molecular formula is C13H21NO3S2. The minimum absolute atomic E-state index is 0.0582. The summed E-state index contributed by atoms with van der Waals surface area (Å²) in [6, 6.07) is 3.53. The quantitative estimate of drug-likeness (QED) is 0.907.